The van der Waals surface area contributed by atoms with E-state index in [4.69, 9.17) is 21.1 Å². The largest absolute Gasteiger partial charge is 0.495 e. The van der Waals surface area contributed by atoms with Crippen LogP contribution < -0.4 is 14.8 Å². The summed E-state index contributed by atoms with van der Waals surface area (Å²) in [6, 6.07) is 7.38. The third-order valence-corrected chi connectivity index (χ3v) is 6.54. The predicted octanol–water partition coefficient (Wildman–Crippen LogP) is 4.72. The molecular formula is C23H23ClN4O6S. The molecule has 1 atom stereocenters. The number of carbonyl (C=O) groups is 2. The van der Waals surface area contributed by atoms with E-state index in [1.54, 1.807) is 19.1 Å². The van der Waals surface area contributed by atoms with Gasteiger partial charge in [0, 0.05) is 37.2 Å². The maximum absolute atomic E-state index is 13.0. The summed E-state index contributed by atoms with van der Waals surface area (Å²) in [5, 5.41) is 13.8. The van der Waals surface area contributed by atoms with Crippen LogP contribution in [0, 0.1) is 17.0 Å². The lowest BCUT2D eigenvalue weighted by Crippen LogP contribution is -2.33. The van der Waals surface area contributed by atoms with Gasteiger partial charge in [-0.2, -0.15) is 0 Å². The molecule has 1 saturated heterocycles. The summed E-state index contributed by atoms with van der Waals surface area (Å²) >= 11 is 7.22. The van der Waals surface area contributed by atoms with Crippen molar-refractivity contribution in [3.8, 4) is 11.5 Å². The van der Waals surface area contributed by atoms with E-state index in [1.165, 1.54) is 43.4 Å². The number of aryl methyl sites for hydroxylation is 1. The van der Waals surface area contributed by atoms with Gasteiger partial charge in [-0.3, -0.25) is 24.6 Å². The number of carbonyl (C=O) groups excluding carboxylic acids is 2. The van der Waals surface area contributed by atoms with Crippen LogP contribution in [0.2, 0.25) is 5.02 Å². The van der Waals surface area contributed by atoms with Crippen LogP contribution >= 0.6 is 23.4 Å². The zero-order chi connectivity index (χ0) is 25.7. The van der Waals surface area contributed by atoms with E-state index in [9.17, 15) is 19.7 Å². The normalized spacial score (nSPS) is 16.3. The van der Waals surface area contributed by atoms with E-state index < -0.39 is 16.1 Å². The number of nitro benzene ring substituents is 1. The quantitative estimate of drug-likeness (QED) is 0.289. The molecule has 184 valence electrons. The first-order valence-electron chi connectivity index (χ1n) is 10.3. The lowest BCUT2D eigenvalue weighted by Gasteiger charge is -2.15. The average molecular weight is 519 g/mol. The molecule has 10 nitrogen and oxygen atoms in total. The van der Waals surface area contributed by atoms with Crippen LogP contribution in [-0.4, -0.2) is 52.8 Å². The van der Waals surface area contributed by atoms with Crippen molar-refractivity contribution in [1.82, 2.24) is 4.90 Å². The lowest BCUT2D eigenvalue weighted by atomic mass is 10.2. The summed E-state index contributed by atoms with van der Waals surface area (Å²) in [6.45, 7) is 5.62. The Labute approximate surface area is 211 Å². The standard InChI is InChI=1S/C23H23ClN4O6S/c1-5-8-27-22(30)20(35-23(27)26-16-9-14(28(31)32)7-6-13(16)2)12-21(29)25-17-11-18(33-3)15(24)10-19(17)34-4/h5-7,9-11,20H,1,8,12H2,2-4H3,(H,25,29)/t20-/m0/s1. The van der Waals surface area contributed by atoms with Gasteiger partial charge in [-0.1, -0.05) is 35.5 Å². The molecule has 0 aliphatic carbocycles. The molecule has 1 aliphatic rings. The number of nitrogens with one attached hydrogen (secondary N) is 1. The highest BCUT2D eigenvalue weighted by molar-refractivity contribution is 8.15. The van der Waals surface area contributed by atoms with Gasteiger partial charge in [0.25, 0.3) is 5.69 Å². The number of nitrogens with zero attached hydrogens (tertiary/aromatic N) is 3. The molecule has 2 aromatic carbocycles. The van der Waals surface area contributed by atoms with Crippen LogP contribution in [0.25, 0.3) is 0 Å². The smallest absolute Gasteiger partial charge is 0.271 e. The number of thioether (sulfide) groups is 1. The number of methoxy groups -OCH3 is 2. The number of ether oxygens (including phenoxy) is 2. The van der Waals surface area contributed by atoms with Crippen LogP contribution in [-0.2, 0) is 9.59 Å². The fourth-order valence-electron chi connectivity index (χ4n) is 3.28. The highest BCUT2D eigenvalue weighted by Crippen LogP contribution is 2.37. The van der Waals surface area contributed by atoms with Gasteiger partial charge in [0.15, 0.2) is 5.17 Å². The fourth-order valence-corrected chi connectivity index (χ4v) is 4.68. The molecule has 0 spiro atoms. The van der Waals surface area contributed by atoms with Crippen molar-refractivity contribution in [2.45, 2.75) is 18.6 Å². The van der Waals surface area contributed by atoms with Crippen LogP contribution in [0.15, 0.2) is 48.0 Å². The van der Waals surface area contributed by atoms with Crippen LogP contribution in [0.3, 0.4) is 0 Å². The number of hydrogen-bond acceptors (Lipinski definition) is 8. The SMILES string of the molecule is C=CCN1C(=O)[C@H](CC(=O)Nc2cc(OC)c(Cl)cc2OC)SC1=Nc1cc([N+](=O)[O-])ccc1C. The first kappa shape index (κ1) is 26.0. The van der Waals surface area contributed by atoms with Crippen molar-refractivity contribution in [3.05, 3.63) is 63.7 Å². The Bertz CT molecular complexity index is 1220. The Balaban J connectivity index is 1.83. The van der Waals surface area contributed by atoms with Crippen molar-refractivity contribution < 1.29 is 24.0 Å². The second-order valence-corrected chi connectivity index (χ2v) is 8.98. The van der Waals surface area contributed by atoms with Gasteiger partial charge in [0.05, 0.1) is 35.5 Å². The van der Waals surface area contributed by atoms with E-state index in [0.717, 1.165) is 11.8 Å². The number of hydrogen-bond donors (Lipinski definition) is 1. The number of amides is 2. The number of aliphatic imine (C=N–C) groups is 1. The van der Waals surface area contributed by atoms with Crippen molar-refractivity contribution >= 4 is 57.4 Å². The van der Waals surface area contributed by atoms with Crippen LogP contribution in [0.5, 0.6) is 11.5 Å². The molecule has 0 aromatic heterocycles. The fraction of sp³-hybridized carbons (Fsp3) is 0.261. The molecule has 1 aliphatic heterocycles. The summed E-state index contributed by atoms with van der Waals surface area (Å²) in [6.07, 6.45) is 1.40. The summed E-state index contributed by atoms with van der Waals surface area (Å²) in [5.41, 5.74) is 1.31. The van der Waals surface area contributed by atoms with Gasteiger partial charge in [-0.05, 0) is 12.5 Å². The van der Waals surface area contributed by atoms with Crippen molar-refractivity contribution in [3.63, 3.8) is 0 Å². The van der Waals surface area contributed by atoms with Crippen molar-refractivity contribution in [2.24, 2.45) is 4.99 Å². The van der Waals surface area contributed by atoms with Gasteiger partial charge >= 0.3 is 0 Å². The highest BCUT2D eigenvalue weighted by Gasteiger charge is 2.39. The number of amidine groups is 1. The molecule has 1 heterocycles. The molecule has 2 amide bonds. The minimum absolute atomic E-state index is 0.109. The molecule has 1 N–H and O–H groups in total. The summed E-state index contributed by atoms with van der Waals surface area (Å²) in [5.74, 6) is -0.0448. The molecule has 2 aromatic rings. The van der Waals surface area contributed by atoms with Gasteiger partial charge in [-0.15, -0.1) is 6.58 Å². The molecule has 1 fully saturated rings. The zero-order valence-corrected chi connectivity index (χ0v) is 20.8. The number of non-ortho nitro benzene ring substituents is 1. The van der Waals surface area contributed by atoms with E-state index in [2.05, 4.69) is 16.9 Å². The monoisotopic (exact) mass is 518 g/mol. The molecule has 0 saturated carbocycles. The van der Waals surface area contributed by atoms with Crippen LogP contribution in [0.4, 0.5) is 17.1 Å². The Morgan fingerprint density at radius 3 is 2.66 bits per heavy atom. The molecule has 12 heteroatoms. The minimum Gasteiger partial charge on any atom is -0.495 e. The number of anilines is 1. The molecule has 0 unspecified atom stereocenters. The minimum atomic E-state index is -0.743. The lowest BCUT2D eigenvalue weighted by molar-refractivity contribution is -0.384. The number of benzene rings is 2. The van der Waals surface area contributed by atoms with Gasteiger partial charge in [0.1, 0.15) is 16.7 Å². The summed E-state index contributed by atoms with van der Waals surface area (Å²) in [7, 11) is 2.89. The third-order valence-electron chi connectivity index (χ3n) is 5.07. The van der Waals surface area contributed by atoms with Crippen molar-refractivity contribution in [2.75, 3.05) is 26.1 Å². The Kier molecular flexibility index (Phi) is 8.36. The maximum atomic E-state index is 13.0. The van der Waals surface area contributed by atoms with Crippen molar-refractivity contribution in [1.29, 1.82) is 0 Å². The first-order valence-corrected chi connectivity index (χ1v) is 11.6. The van der Waals surface area contributed by atoms with E-state index in [1.807, 2.05) is 0 Å². The second kappa shape index (κ2) is 11.2. The average Bonchev–Trinajstić information content (AvgIpc) is 3.10. The van der Waals surface area contributed by atoms with Crippen LogP contribution in [0.1, 0.15) is 12.0 Å². The Hall–Kier alpha value is -3.57. The Morgan fingerprint density at radius 2 is 2.03 bits per heavy atom. The summed E-state index contributed by atoms with van der Waals surface area (Å²) in [4.78, 5) is 42.4. The molecule has 3 rings (SSSR count). The van der Waals surface area contributed by atoms with E-state index >= 15 is 0 Å². The van der Waals surface area contributed by atoms with Gasteiger partial charge in [-0.25, -0.2) is 4.99 Å². The first-order chi connectivity index (χ1) is 16.7. The number of nitro groups is 1. The molecular weight excluding hydrogens is 496 g/mol. The summed E-state index contributed by atoms with van der Waals surface area (Å²) < 4.78 is 10.5. The predicted molar refractivity (Wildman–Crippen MR) is 136 cm³/mol. The van der Waals surface area contributed by atoms with E-state index in [-0.39, 0.29) is 24.6 Å². The molecule has 35 heavy (non-hydrogen) atoms. The second-order valence-electron chi connectivity index (χ2n) is 7.41. The highest BCUT2D eigenvalue weighted by atomic mass is 35.5. The maximum Gasteiger partial charge on any atom is 0.271 e. The van der Waals surface area contributed by atoms with E-state index in [0.29, 0.717) is 38.6 Å². The number of halogens is 1. The number of rotatable bonds is 9. The zero-order valence-electron chi connectivity index (χ0n) is 19.2. The molecule has 0 radical (unpaired) electrons. The Morgan fingerprint density at radius 1 is 1.31 bits per heavy atom. The molecule has 0 bridgehead atoms. The third kappa shape index (κ3) is 5.92. The van der Waals surface area contributed by atoms with Gasteiger partial charge in [0.2, 0.25) is 11.8 Å². The van der Waals surface area contributed by atoms with Gasteiger partial charge < -0.3 is 14.8 Å². The topological polar surface area (TPSA) is 123 Å².